The molecule has 6 nitrogen and oxygen atoms in total. The average molecular weight is 389 g/mol. The van der Waals surface area contributed by atoms with Crippen molar-refractivity contribution in [2.24, 2.45) is 0 Å². The summed E-state index contributed by atoms with van der Waals surface area (Å²) in [6, 6.07) is 9.42. The zero-order valence-corrected chi connectivity index (χ0v) is 16.4. The summed E-state index contributed by atoms with van der Waals surface area (Å²) in [7, 11) is 0. The average Bonchev–Trinajstić information content (AvgIpc) is 2.92. The van der Waals surface area contributed by atoms with E-state index in [1.54, 1.807) is 0 Å². The first-order chi connectivity index (χ1) is 12.5. The number of amides is 1. The maximum atomic E-state index is 12.3. The predicted molar refractivity (Wildman–Crippen MR) is 109 cm³/mol. The number of carbonyl (C=O) groups is 1. The topological polar surface area (TPSA) is 86.9 Å². The van der Waals surface area contributed by atoms with Crippen molar-refractivity contribution >= 4 is 44.9 Å². The largest absolute Gasteiger partial charge is 0.309 e. The number of aromatic nitrogens is 2. The number of aromatic amines is 1. The molecule has 1 amide bonds. The summed E-state index contributed by atoms with van der Waals surface area (Å²) in [5.74, 6) is 0.913. The highest BCUT2D eigenvalue weighted by Crippen LogP contribution is 2.26. The minimum absolute atomic E-state index is 0.115. The summed E-state index contributed by atoms with van der Waals surface area (Å²) in [6.45, 7) is 5.75. The van der Waals surface area contributed by atoms with Gasteiger partial charge in [0.1, 0.15) is 10.7 Å². The first-order valence-corrected chi connectivity index (χ1v) is 10.0. The number of para-hydroxylation sites is 1. The molecule has 3 aromatic rings. The van der Waals surface area contributed by atoms with Crippen LogP contribution >= 0.6 is 23.1 Å². The third-order valence-corrected chi connectivity index (χ3v) is 6.29. The molecule has 1 aromatic carbocycles. The van der Waals surface area contributed by atoms with Crippen LogP contribution in [0.3, 0.4) is 0 Å². The van der Waals surface area contributed by atoms with Crippen molar-refractivity contribution in [2.45, 2.75) is 31.8 Å². The van der Waals surface area contributed by atoms with E-state index >= 15 is 0 Å². The van der Waals surface area contributed by atoms with Gasteiger partial charge in [-0.2, -0.15) is 0 Å². The van der Waals surface area contributed by atoms with Crippen LogP contribution in [0, 0.1) is 13.8 Å². The number of hydrogen-bond donors (Lipinski definition) is 3. The first kappa shape index (κ1) is 18.5. The highest BCUT2D eigenvalue weighted by molar-refractivity contribution is 7.99. The van der Waals surface area contributed by atoms with Crippen LogP contribution in [0.15, 0.2) is 35.1 Å². The standard InChI is InChI=1S/C18H20N4O2S2/c1-10-11(2)26-18-15(10)17(24)19-14(20-18)9-25-12(3)16(23)22-21-13-7-5-4-6-8-13/h4-8,12,21H,9H2,1-3H3,(H,22,23)(H,19,20,24). The Balaban J connectivity index is 1.60. The number of anilines is 1. The molecule has 3 N–H and O–H groups in total. The number of nitrogens with one attached hydrogen (secondary N) is 3. The number of carbonyl (C=O) groups excluding carboxylic acids is 1. The quantitative estimate of drug-likeness (QED) is 0.564. The maximum Gasteiger partial charge on any atom is 0.259 e. The number of nitrogens with zero attached hydrogens (tertiary/aromatic N) is 1. The lowest BCUT2D eigenvalue weighted by atomic mass is 10.2. The molecule has 0 saturated carbocycles. The molecule has 0 fully saturated rings. The van der Waals surface area contributed by atoms with Gasteiger partial charge in [0.2, 0.25) is 0 Å². The van der Waals surface area contributed by atoms with Gasteiger partial charge in [-0.1, -0.05) is 18.2 Å². The Kier molecular flexibility index (Phi) is 5.63. The van der Waals surface area contributed by atoms with Crippen LogP contribution in [0.25, 0.3) is 10.2 Å². The van der Waals surface area contributed by atoms with Crippen LogP contribution < -0.4 is 16.4 Å². The number of benzene rings is 1. The van der Waals surface area contributed by atoms with Crippen molar-refractivity contribution in [3.63, 3.8) is 0 Å². The van der Waals surface area contributed by atoms with Crippen LogP contribution in [0.4, 0.5) is 5.69 Å². The summed E-state index contributed by atoms with van der Waals surface area (Å²) in [4.78, 5) is 33.7. The van der Waals surface area contributed by atoms with Crippen molar-refractivity contribution in [3.05, 3.63) is 57.0 Å². The zero-order valence-electron chi connectivity index (χ0n) is 14.8. The Hall–Kier alpha value is -2.32. The highest BCUT2D eigenvalue weighted by atomic mass is 32.2. The zero-order chi connectivity index (χ0) is 18.7. The summed E-state index contributed by atoms with van der Waals surface area (Å²) in [5, 5.41) is 0.373. The summed E-state index contributed by atoms with van der Waals surface area (Å²) in [6.07, 6.45) is 0. The van der Waals surface area contributed by atoms with Crippen LogP contribution in [0.5, 0.6) is 0 Å². The Morgan fingerprint density at radius 3 is 2.77 bits per heavy atom. The molecule has 1 atom stereocenters. The Morgan fingerprint density at radius 2 is 2.04 bits per heavy atom. The van der Waals surface area contributed by atoms with E-state index in [0.29, 0.717) is 17.0 Å². The molecule has 2 heterocycles. The molecule has 136 valence electrons. The molecule has 1 unspecified atom stereocenters. The monoisotopic (exact) mass is 388 g/mol. The van der Waals surface area contributed by atoms with Crippen LogP contribution in [-0.4, -0.2) is 21.1 Å². The molecule has 0 aliphatic rings. The van der Waals surface area contributed by atoms with E-state index in [0.717, 1.165) is 21.0 Å². The van der Waals surface area contributed by atoms with Crippen molar-refractivity contribution in [1.29, 1.82) is 0 Å². The lowest BCUT2D eigenvalue weighted by Crippen LogP contribution is -2.35. The van der Waals surface area contributed by atoms with E-state index in [4.69, 9.17) is 0 Å². The van der Waals surface area contributed by atoms with Crippen molar-refractivity contribution in [1.82, 2.24) is 15.4 Å². The smallest absolute Gasteiger partial charge is 0.259 e. The van der Waals surface area contributed by atoms with Crippen LogP contribution in [0.1, 0.15) is 23.2 Å². The molecule has 2 aromatic heterocycles. The van der Waals surface area contributed by atoms with E-state index in [1.807, 2.05) is 51.1 Å². The minimum Gasteiger partial charge on any atom is -0.309 e. The van der Waals surface area contributed by atoms with Crippen molar-refractivity contribution < 1.29 is 4.79 Å². The molecule has 0 aliphatic heterocycles. The van der Waals surface area contributed by atoms with E-state index in [9.17, 15) is 9.59 Å². The molecular formula is C18H20N4O2S2. The van der Waals surface area contributed by atoms with Crippen molar-refractivity contribution in [3.8, 4) is 0 Å². The highest BCUT2D eigenvalue weighted by Gasteiger charge is 2.16. The summed E-state index contributed by atoms with van der Waals surface area (Å²) >= 11 is 2.94. The third kappa shape index (κ3) is 4.08. The second kappa shape index (κ2) is 7.92. The maximum absolute atomic E-state index is 12.3. The Morgan fingerprint density at radius 1 is 1.31 bits per heavy atom. The molecule has 0 radical (unpaired) electrons. The van der Waals surface area contributed by atoms with Gasteiger partial charge in [-0.15, -0.1) is 23.1 Å². The number of aryl methyl sites for hydroxylation is 2. The second-order valence-electron chi connectivity index (χ2n) is 5.91. The lowest BCUT2D eigenvalue weighted by Gasteiger charge is -2.13. The molecule has 0 saturated heterocycles. The molecule has 0 spiro atoms. The van der Waals surface area contributed by atoms with Gasteiger partial charge in [0.05, 0.1) is 22.1 Å². The number of thioether (sulfide) groups is 1. The van der Waals surface area contributed by atoms with Gasteiger partial charge in [-0.3, -0.25) is 20.4 Å². The van der Waals surface area contributed by atoms with Gasteiger partial charge in [0.25, 0.3) is 11.5 Å². The summed E-state index contributed by atoms with van der Waals surface area (Å²) in [5.41, 5.74) is 7.25. The van der Waals surface area contributed by atoms with Gasteiger partial charge >= 0.3 is 0 Å². The van der Waals surface area contributed by atoms with E-state index in [-0.39, 0.29) is 16.7 Å². The Bertz CT molecular complexity index is 982. The number of H-pyrrole nitrogens is 1. The predicted octanol–water partition coefficient (Wildman–Crippen LogP) is 3.37. The minimum atomic E-state index is -0.293. The number of hydrazine groups is 1. The van der Waals surface area contributed by atoms with Gasteiger partial charge in [0, 0.05) is 4.88 Å². The fourth-order valence-electron chi connectivity index (χ4n) is 2.40. The van der Waals surface area contributed by atoms with Gasteiger partial charge in [-0.25, -0.2) is 4.98 Å². The molecule has 0 bridgehead atoms. The van der Waals surface area contributed by atoms with Crippen LogP contribution in [0.2, 0.25) is 0 Å². The fraction of sp³-hybridized carbons (Fsp3) is 0.278. The van der Waals surface area contributed by atoms with E-state index in [1.165, 1.54) is 23.1 Å². The van der Waals surface area contributed by atoms with Gasteiger partial charge < -0.3 is 4.98 Å². The third-order valence-electron chi connectivity index (χ3n) is 4.03. The normalized spacial score (nSPS) is 12.1. The van der Waals surface area contributed by atoms with Gasteiger partial charge in [-0.05, 0) is 38.5 Å². The number of rotatable bonds is 6. The van der Waals surface area contributed by atoms with Crippen LogP contribution in [-0.2, 0) is 10.5 Å². The van der Waals surface area contributed by atoms with E-state index < -0.39 is 0 Å². The molecule has 26 heavy (non-hydrogen) atoms. The number of fused-ring (bicyclic) bond motifs is 1. The summed E-state index contributed by atoms with van der Waals surface area (Å²) < 4.78 is 0. The Labute approximate surface area is 159 Å². The lowest BCUT2D eigenvalue weighted by molar-refractivity contribution is -0.119. The SMILES string of the molecule is Cc1sc2nc(CSC(C)C(=O)NNc3ccccc3)[nH]c(=O)c2c1C. The van der Waals surface area contributed by atoms with Gasteiger partial charge in [0.15, 0.2) is 0 Å². The molecule has 3 rings (SSSR count). The van der Waals surface area contributed by atoms with E-state index in [2.05, 4.69) is 20.8 Å². The second-order valence-corrected chi connectivity index (χ2v) is 8.44. The first-order valence-electron chi connectivity index (χ1n) is 8.17. The van der Waals surface area contributed by atoms with Crippen molar-refractivity contribution in [2.75, 3.05) is 5.43 Å². The number of hydrogen-bond acceptors (Lipinski definition) is 6. The molecular weight excluding hydrogens is 368 g/mol. The fourth-order valence-corrected chi connectivity index (χ4v) is 4.21. The molecule has 0 aliphatic carbocycles. The molecule has 8 heteroatoms. The number of thiophene rings is 1.